The number of carbonyl (C=O) groups excluding carboxylic acids is 1. The van der Waals surface area contributed by atoms with Gasteiger partial charge in [0.05, 0.1) is 23.3 Å². The lowest BCUT2D eigenvalue weighted by Crippen LogP contribution is -2.12. The number of hydrogen-bond acceptors (Lipinski definition) is 4. The fourth-order valence-electron chi connectivity index (χ4n) is 4.40. The molecular weight excluding hydrogens is 524 g/mol. The summed E-state index contributed by atoms with van der Waals surface area (Å²) in [5.41, 5.74) is 3.71. The number of ether oxygens (including phenoxy) is 1. The quantitative estimate of drug-likeness (QED) is 0.187. The highest BCUT2D eigenvalue weighted by molar-refractivity contribution is 7.79. The third-order valence-electron chi connectivity index (χ3n) is 6.22. The van der Waals surface area contributed by atoms with Gasteiger partial charge in [-0.15, -0.1) is 0 Å². The minimum atomic E-state index is -3.08. The lowest BCUT2D eigenvalue weighted by Gasteiger charge is -2.19. The molecule has 2 aromatic carbocycles. The van der Waals surface area contributed by atoms with E-state index in [1.54, 1.807) is 79.5 Å². The van der Waals surface area contributed by atoms with Crippen molar-refractivity contribution in [2.45, 2.75) is 24.7 Å². The molecule has 0 fully saturated rings. The van der Waals surface area contributed by atoms with Crippen LogP contribution in [0.2, 0.25) is 0 Å². The number of alkyl halides is 2. The molecule has 0 spiro atoms. The Hall–Kier alpha value is -4.15. The lowest BCUT2D eigenvalue weighted by molar-refractivity contribution is 0.0179. The molecule has 0 aliphatic carbocycles. The molecule has 0 amide bonds. The SMILES string of the molecule is COC(=O)c1cc(-c2ccnc3[nH]ccc23)n(C)c1-c1ccc(C)cc1C(C)(F)F.O=S(O)c1ccccc1. The summed E-state index contributed by atoms with van der Waals surface area (Å²) >= 11 is -1.83. The number of pyridine rings is 1. The number of carbonyl (C=O) groups is 1. The van der Waals surface area contributed by atoms with E-state index in [1.807, 2.05) is 12.1 Å². The topological polar surface area (TPSA) is 97.2 Å². The van der Waals surface area contributed by atoms with Crippen molar-refractivity contribution in [1.82, 2.24) is 14.5 Å². The van der Waals surface area contributed by atoms with Gasteiger partial charge in [0.25, 0.3) is 5.92 Å². The zero-order valence-corrected chi connectivity index (χ0v) is 22.6. The van der Waals surface area contributed by atoms with Crippen molar-refractivity contribution in [3.05, 3.63) is 95.8 Å². The maximum atomic E-state index is 14.5. The summed E-state index contributed by atoms with van der Waals surface area (Å²) in [7, 11) is 3.04. The third-order valence-corrected chi connectivity index (χ3v) is 6.90. The van der Waals surface area contributed by atoms with Crippen LogP contribution in [0.4, 0.5) is 8.78 Å². The second kappa shape index (κ2) is 11.3. The fraction of sp³-hybridized carbons (Fsp3) is 0.172. The van der Waals surface area contributed by atoms with Gasteiger partial charge >= 0.3 is 5.97 Å². The fourth-order valence-corrected chi connectivity index (χ4v) is 4.79. The summed E-state index contributed by atoms with van der Waals surface area (Å²) in [5.74, 6) is -3.67. The number of aryl methyl sites for hydroxylation is 1. The van der Waals surface area contributed by atoms with Gasteiger partial charge < -0.3 is 18.8 Å². The maximum Gasteiger partial charge on any atom is 0.340 e. The monoisotopic (exact) mass is 551 g/mol. The molecule has 5 rings (SSSR count). The van der Waals surface area contributed by atoms with Gasteiger partial charge in [0.2, 0.25) is 0 Å². The van der Waals surface area contributed by atoms with Gasteiger partial charge in [-0.1, -0.05) is 35.9 Å². The number of esters is 1. The summed E-state index contributed by atoms with van der Waals surface area (Å²) in [4.78, 5) is 20.4. The van der Waals surface area contributed by atoms with Crippen LogP contribution in [0, 0.1) is 6.92 Å². The maximum absolute atomic E-state index is 14.5. The van der Waals surface area contributed by atoms with Crippen LogP contribution < -0.4 is 0 Å². The predicted molar refractivity (Wildman–Crippen MR) is 147 cm³/mol. The first-order valence-electron chi connectivity index (χ1n) is 11.9. The largest absolute Gasteiger partial charge is 0.465 e. The number of aromatic nitrogens is 3. The van der Waals surface area contributed by atoms with Gasteiger partial charge in [-0.3, -0.25) is 0 Å². The van der Waals surface area contributed by atoms with Crippen LogP contribution in [0.5, 0.6) is 0 Å². The van der Waals surface area contributed by atoms with E-state index in [4.69, 9.17) is 9.29 Å². The molecule has 0 bridgehead atoms. The Morgan fingerprint density at radius 3 is 2.41 bits per heavy atom. The van der Waals surface area contributed by atoms with E-state index >= 15 is 0 Å². The first kappa shape index (κ1) is 27.9. The van der Waals surface area contributed by atoms with Crippen molar-refractivity contribution in [1.29, 1.82) is 0 Å². The Labute approximate surface area is 226 Å². The number of benzene rings is 2. The molecule has 202 valence electrons. The van der Waals surface area contributed by atoms with Crippen LogP contribution in [-0.2, 0) is 28.8 Å². The average Bonchev–Trinajstić information content (AvgIpc) is 3.53. The zero-order valence-electron chi connectivity index (χ0n) is 21.7. The van der Waals surface area contributed by atoms with E-state index in [0.717, 1.165) is 17.9 Å². The van der Waals surface area contributed by atoms with E-state index in [-0.39, 0.29) is 11.1 Å². The van der Waals surface area contributed by atoms with Crippen molar-refractivity contribution < 1.29 is 27.1 Å². The molecule has 5 aromatic rings. The number of fused-ring (bicyclic) bond motifs is 1. The Morgan fingerprint density at radius 1 is 1.08 bits per heavy atom. The van der Waals surface area contributed by atoms with Gasteiger partial charge in [0.15, 0.2) is 11.1 Å². The van der Waals surface area contributed by atoms with Gasteiger partial charge in [-0.05, 0) is 43.3 Å². The Morgan fingerprint density at radius 2 is 1.79 bits per heavy atom. The minimum Gasteiger partial charge on any atom is -0.465 e. The van der Waals surface area contributed by atoms with Gasteiger partial charge in [0, 0.05) is 54.1 Å². The molecule has 1 atom stereocenters. The van der Waals surface area contributed by atoms with E-state index < -0.39 is 23.0 Å². The van der Waals surface area contributed by atoms with Crippen LogP contribution in [0.3, 0.4) is 0 Å². The average molecular weight is 552 g/mol. The number of nitrogens with one attached hydrogen (secondary N) is 1. The third kappa shape index (κ3) is 5.81. The van der Waals surface area contributed by atoms with E-state index in [2.05, 4.69) is 9.97 Å². The molecule has 3 aromatic heterocycles. The van der Waals surface area contributed by atoms with Crippen molar-refractivity contribution in [2.75, 3.05) is 7.11 Å². The van der Waals surface area contributed by atoms with Crippen molar-refractivity contribution in [2.24, 2.45) is 7.05 Å². The molecular formula is C29H27F2N3O4S. The summed E-state index contributed by atoms with van der Waals surface area (Å²) in [6.07, 6.45) is 3.44. The van der Waals surface area contributed by atoms with Gasteiger partial charge in [-0.2, -0.15) is 0 Å². The van der Waals surface area contributed by atoms with Crippen LogP contribution in [0.1, 0.15) is 28.4 Å². The molecule has 0 saturated heterocycles. The normalized spacial score (nSPS) is 12.1. The molecule has 0 aliphatic rings. The molecule has 39 heavy (non-hydrogen) atoms. The lowest BCUT2D eigenvalue weighted by atomic mass is 9.96. The zero-order chi connectivity index (χ0) is 28.3. The number of methoxy groups -OCH3 is 1. The van der Waals surface area contributed by atoms with Crippen molar-refractivity contribution >= 4 is 28.1 Å². The Balaban J connectivity index is 0.000000333. The first-order chi connectivity index (χ1) is 18.5. The van der Waals surface area contributed by atoms with Crippen LogP contribution in [0.25, 0.3) is 33.5 Å². The highest BCUT2D eigenvalue weighted by atomic mass is 32.2. The molecule has 0 saturated carbocycles. The Bertz CT molecular complexity index is 1660. The van der Waals surface area contributed by atoms with E-state index in [0.29, 0.717) is 33.1 Å². The van der Waals surface area contributed by atoms with Crippen LogP contribution in [-0.4, -0.2) is 36.4 Å². The summed E-state index contributed by atoms with van der Waals surface area (Å²) < 4.78 is 54.5. The highest BCUT2D eigenvalue weighted by Crippen LogP contribution is 2.41. The van der Waals surface area contributed by atoms with Crippen molar-refractivity contribution in [3.8, 4) is 22.5 Å². The van der Waals surface area contributed by atoms with Crippen LogP contribution in [0.15, 0.2) is 84.0 Å². The minimum absolute atomic E-state index is 0.137. The molecule has 10 heteroatoms. The molecule has 1 unspecified atom stereocenters. The predicted octanol–water partition coefficient (Wildman–Crippen LogP) is 6.71. The van der Waals surface area contributed by atoms with Gasteiger partial charge in [0.1, 0.15) is 5.65 Å². The molecule has 3 heterocycles. The number of H-pyrrole nitrogens is 1. The second-order valence-electron chi connectivity index (χ2n) is 8.94. The number of nitrogens with zero attached hydrogens (tertiary/aromatic N) is 2. The number of aromatic amines is 1. The smallest absolute Gasteiger partial charge is 0.340 e. The molecule has 7 nitrogen and oxygen atoms in total. The summed E-state index contributed by atoms with van der Waals surface area (Å²) in [5, 5.41) is 0.867. The second-order valence-corrected chi connectivity index (χ2v) is 9.91. The summed E-state index contributed by atoms with van der Waals surface area (Å²) in [6, 6.07) is 18.7. The number of halogens is 2. The van der Waals surface area contributed by atoms with E-state index in [9.17, 15) is 17.8 Å². The van der Waals surface area contributed by atoms with Gasteiger partial charge in [-0.25, -0.2) is 22.8 Å². The highest BCUT2D eigenvalue weighted by Gasteiger charge is 2.32. The molecule has 2 N–H and O–H groups in total. The van der Waals surface area contributed by atoms with Crippen LogP contribution >= 0.6 is 0 Å². The molecule has 0 radical (unpaired) electrons. The molecule has 0 aliphatic heterocycles. The van der Waals surface area contributed by atoms with Crippen molar-refractivity contribution in [3.63, 3.8) is 0 Å². The standard InChI is InChI=1S/C23H21F2N3O2.C6H6O2S/c1-13-5-6-16(18(11-13)23(2,24)25)20-17(22(29)30-4)12-19(28(20)3)14-7-9-26-21-15(14)8-10-27-21;7-9(8)6-4-2-1-3-5-6/h5-12H,1-4H3,(H,26,27);1-5H,(H,7,8). The number of rotatable bonds is 5. The Kier molecular flexibility index (Phi) is 8.08. The first-order valence-corrected chi connectivity index (χ1v) is 13.0. The van der Waals surface area contributed by atoms with E-state index in [1.165, 1.54) is 13.2 Å². The summed E-state index contributed by atoms with van der Waals surface area (Å²) in [6.45, 7) is 2.62. The number of hydrogen-bond donors (Lipinski definition) is 2.